The Bertz CT molecular complexity index is 1600. The van der Waals surface area contributed by atoms with Gasteiger partial charge in [-0.2, -0.15) is 18.3 Å². The third-order valence-corrected chi connectivity index (χ3v) is 6.82. The molecule has 3 aromatic carbocycles. The Balaban J connectivity index is 0.000000289. The first-order valence-electron chi connectivity index (χ1n) is 10.3. The van der Waals surface area contributed by atoms with Crippen LogP contribution < -0.4 is 16.0 Å². The third-order valence-electron chi connectivity index (χ3n) is 4.97. The Morgan fingerprint density at radius 1 is 0.757 bits per heavy atom. The molecule has 0 atom stereocenters. The molecule has 0 spiro atoms. The highest BCUT2D eigenvalue weighted by atomic mass is 32.2. The van der Waals surface area contributed by atoms with Crippen molar-refractivity contribution in [2.45, 2.75) is 22.9 Å². The van der Waals surface area contributed by atoms with Gasteiger partial charge in [-0.25, -0.2) is 31.8 Å². The fourth-order valence-electron chi connectivity index (χ4n) is 3.08. The molecule has 0 aliphatic rings. The Labute approximate surface area is 211 Å². The van der Waals surface area contributed by atoms with E-state index in [1.165, 1.54) is 48.5 Å². The van der Waals surface area contributed by atoms with Crippen molar-refractivity contribution in [1.82, 2.24) is 9.78 Å². The number of sulfonamides is 2. The normalized spacial score (nSPS) is 12.1. The van der Waals surface area contributed by atoms with Crippen molar-refractivity contribution < 1.29 is 30.0 Å². The molecule has 0 bridgehead atoms. The lowest BCUT2D eigenvalue weighted by Crippen LogP contribution is -2.12. The van der Waals surface area contributed by atoms with E-state index >= 15 is 0 Å². The average Bonchev–Trinajstić information content (AvgIpc) is 3.25. The largest absolute Gasteiger partial charge is 0.435 e. The number of alkyl halides is 3. The molecule has 0 aliphatic carbocycles. The van der Waals surface area contributed by atoms with Crippen LogP contribution in [-0.4, -0.2) is 26.6 Å². The van der Waals surface area contributed by atoms with Crippen LogP contribution in [0.3, 0.4) is 0 Å². The van der Waals surface area contributed by atoms with Crippen LogP contribution in [0.4, 0.5) is 18.9 Å². The molecule has 4 aromatic rings. The SMILES string of the molecule is Cc1ccc(-c2cc(C(F)(F)F)nn2-c2ccc(S(N)(=O)=O)cc2)cc1.Nc1ccc(S(N)(=O)=O)cc1. The Hall–Kier alpha value is -3.72. The molecule has 0 radical (unpaired) electrons. The van der Waals surface area contributed by atoms with Gasteiger partial charge in [-0.05, 0) is 61.5 Å². The van der Waals surface area contributed by atoms with E-state index < -0.39 is 31.9 Å². The van der Waals surface area contributed by atoms with Crippen LogP contribution in [0.2, 0.25) is 0 Å². The van der Waals surface area contributed by atoms with Crippen LogP contribution in [0.25, 0.3) is 16.9 Å². The van der Waals surface area contributed by atoms with E-state index in [1.807, 2.05) is 6.92 Å². The summed E-state index contributed by atoms with van der Waals surface area (Å²) < 4.78 is 84.6. The van der Waals surface area contributed by atoms with Gasteiger partial charge in [-0.3, -0.25) is 0 Å². The summed E-state index contributed by atoms with van der Waals surface area (Å²) in [5, 5.41) is 13.5. The fraction of sp³-hybridized carbons (Fsp3) is 0.0870. The molecule has 0 aliphatic heterocycles. The molecule has 0 saturated heterocycles. The Kier molecular flexibility index (Phi) is 7.78. The summed E-state index contributed by atoms with van der Waals surface area (Å²) in [4.78, 5) is -0.0620. The lowest BCUT2D eigenvalue weighted by atomic mass is 10.1. The molecule has 6 N–H and O–H groups in total. The van der Waals surface area contributed by atoms with Crippen molar-refractivity contribution in [2.24, 2.45) is 10.3 Å². The number of nitrogen functional groups attached to an aromatic ring is 1. The lowest BCUT2D eigenvalue weighted by molar-refractivity contribution is -0.141. The number of primary sulfonamides is 2. The number of hydrogen-bond donors (Lipinski definition) is 3. The number of benzene rings is 3. The maximum atomic E-state index is 13.1. The van der Waals surface area contributed by atoms with Gasteiger partial charge in [0.15, 0.2) is 5.69 Å². The van der Waals surface area contributed by atoms with Gasteiger partial charge in [-0.1, -0.05) is 29.8 Å². The van der Waals surface area contributed by atoms with Crippen LogP contribution >= 0.6 is 0 Å². The standard InChI is InChI=1S/C17H14F3N3O2S.C6H8N2O2S/c1-11-2-4-12(5-3-11)15-10-16(17(18,19)20)22-23(15)13-6-8-14(9-7-13)26(21,24)25;7-5-1-3-6(4-2-5)11(8,9)10/h2-10H,1H3,(H2,21,24,25);1-4H,7H2,(H2,8,9,10). The maximum absolute atomic E-state index is 13.1. The van der Waals surface area contributed by atoms with Crippen LogP contribution in [0, 0.1) is 6.92 Å². The number of aromatic nitrogens is 2. The first-order valence-corrected chi connectivity index (χ1v) is 13.4. The minimum Gasteiger partial charge on any atom is -0.399 e. The topological polar surface area (TPSA) is 164 Å². The molecular weight excluding hydrogens is 531 g/mol. The molecule has 9 nitrogen and oxygen atoms in total. The monoisotopic (exact) mass is 553 g/mol. The van der Waals surface area contributed by atoms with E-state index in [0.29, 0.717) is 11.3 Å². The predicted octanol–water partition coefficient (Wildman–Crippen LogP) is 3.43. The summed E-state index contributed by atoms with van der Waals surface area (Å²) in [6.45, 7) is 1.87. The zero-order valence-corrected chi connectivity index (χ0v) is 20.8. The Morgan fingerprint density at radius 2 is 1.22 bits per heavy atom. The van der Waals surface area contributed by atoms with Crippen LogP contribution in [0.15, 0.2) is 88.7 Å². The van der Waals surface area contributed by atoms with E-state index in [-0.39, 0.29) is 21.2 Å². The van der Waals surface area contributed by atoms with E-state index in [0.717, 1.165) is 16.3 Å². The summed E-state index contributed by atoms with van der Waals surface area (Å²) in [5.74, 6) is 0. The summed E-state index contributed by atoms with van der Waals surface area (Å²) in [7, 11) is -7.47. The second-order valence-electron chi connectivity index (χ2n) is 7.84. The van der Waals surface area contributed by atoms with Gasteiger partial charge in [0.25, 0.3) is 0 Å². The van der Waals surface area contributed by atoms with Crippen molar-refractivity contribution in [3.05, 3.63) is 90.1 Å². The number of nitrogens with zero attached hydrogens (tertiary/aromatic N) is 2. The van der Waals surface area contributed by atoms with Crippen molar-refractivity contribution in [1.29, 1.82) is 0 Å². The highest BCUT2D eigenvalue weighted by molar-refractivity contribution is 7.89. The molecule has 196 valence electrons. The van der Waals surface area contributed by atoms with Crippen LogP contribution in [0.1, 0.15) is 11.3 Å². The Morgan fingerprint density at radius 3 is 1.65 bits per heavy atom. The van der Waals surface area contributed by atoms with Crippen molar-refractivity contribution in [2.75, 3.05) is 5.73 Å². The zero-order chi connectivity index (χ0) is 27.6. The minimum absolute atomic E-state index is 0.0756. The smallest absolute Gasteiger partial charge is 0.399 e. The van der Waals surface area contributed by atoms with Crippen molar-refractivity contribution >= 4 is 25.7 Å². The highest BCUT2D eigenvalue weighted by Crippen LogP contribution is 2.33. The molecular formula is C23H22F3N5O4S2. The molecule has 0 amide bonds. The fourth-order valence-corrected chi connectivity index (χ4v) is 4.11. The molecule has 1 heterocycles. The highest BCUT2D eigenvalue weighted by Gasteiger charge is 2.35. The predicted molar refractivity (Wildman–Crippen MR) is 132 cm³/mol. The summed E-state index contributed by atoms with van der Waals surface area (Å²) in [6.07, 6.45) is -4.61. The number of hydrogen-bond acceptors (Lipinski definition) is 6. The van der Waals surface area contributed by atoms with E-state index in [2.05, 4.69) is 5.10 Å². The zero-order valence-electron chi connectivity index (χ0n) is 19.2. The van der Waals surface area contributed by atoms with E-state index in [1.54, 1.807) is 24.3 Å². The number of halogens is 3. The minimum atomic E-state index is -4.61. The van der Waals surface area contributed by atoms with Crippen molar-refractivity contribution in [3.63, 3.8) is 0 Å². The number of rotatable bonds is 4. The quantitative estimate of drug-likeness (QED) is 0.328. The van der Waals surface area contributed by atoms with Gasteiger partial charge in [0.1, 0.15) is 0 Å². The number of nitrogens with two attached hydrogens (primary N) is 3. The summed E-state index contributed by atoms with van der Waals surface area (Å²) in [6, 6.07) is 18.8. The second-order valence-corrected chi connectivity index (χ2v) is 11.0. The molecule has 4 rings (SSSR count). The van der Waals surface area contributed by atoms with Gasteiger partial charge in [0, 0.05) is 11.3 Å². The summed E-state index contributed by atoms with van der Waals surface area (Å²) >= 11 is 0. The first-order chi connectivity index (χ1) is 17.1. The maximum Gasteiger partial charge on any atom is 0.435 e. The van der Waals surface area contributed by atoms with Gasteiger partial charge >= 0.3 is 6.18 Å². The lowest BCUT2D eigenvalue weighted by Gasteiger charge is -2.09. The molecule has 14 heteroatoms. The number of aryl methyl sites for hydroxylation is 1. The van der Waals surface area contributed by atoms with Gasteiger partial charge in [-0.15, -0.1) is 0 Å². The molecule has 0 unspecified atom stereocenters. The second kappa shape index (κ2) is 10.3. The molecule has 1 aromatic heterocycles. The average molecular weight is 554 g/mol. The first kappa shape index (κ1) is 27.9. The third kappa shape index (κ3) is 7.16. The van der Waals surface area contributed by atoms with E-state index in [4.69, 9.17) is 16.0 Å². The molecule has 37 heavy (non-hydrogen) atoms. The number of anilines is 1. The molecule has 0 saturated carbocycles. The van der Waals surface area contributed by atoms with Gasteiger partial charge in [0.05, 0.1) is 21.2 Å². The summed E-state index contributed by atoms with van der Waals surface area (Å²) in [5.41, 5.74) is 6.84. The van der Waals surface area contributed by atoms with Crippen LogP contribution in [-0.2, 0) is 26.2 Å². The van der Waals surface area contributed by atoms with Gasteiger partial charge < -0.3 is 5.73 Å². The molecule has 0 fully saturated rings. The van der Waals surface area contributed by atoms with E-state index in [9.17, 15) is 30.0 Å². The van der Waals surface area contributed by atoms with Gasteiger partial charge in [0.2, 0.25) is 20.0 Å². The van der Waals surface area contributed by atoms with Crippen molar-refractivity contribution in [3.8, 4) is 16.9 Å². The van der Waals surface area contributed by atoms with Crippen LogP contribution in [0.5, 0.6) is 0 Å².